The molecular formula is C52H26B2F20N4O2. The van der Waals surface area contributed by atoms with Gasteiger partial charge in [-0.15, -0.1) is 0 Å². The van der Waals surface area contributed by atoms with Gasteiger partial charge in [-0.2, -0.15) is 0 Å². The summed E-state index contributed by atoms with van der Waals surface area (Å²) in [5, 5.41) is -1.77. The van der Waals surface area contributed by atoms with E-state index in [4.69, 9.17) is 9.31 Å². The number of halogens is 20. The van der Waals surface area contributed by atoms with Crippen molar-refractivity contribution in [3.63, 3.8) is 0 Å². The standard InChI is InChI=1S/C52H26B2F20N4O2/c1-77(2)23-11-7-21(8-12-23)75-17-19-5-15-26-25(51(19)79-53(27-31(55)39(63)47(71)40(64)32(27)56)28-33(57)41(65)48(72)42(66)34(28)58)16-6-20(18-76-22-9-13-24(14-10-22)78(3)4)52(26)80-54(29-35(59)43(67)49(73)44(68)36(29)60)30-37(61)45(69)50(74)46(70)38(30)62/h5-18H,1-4H3. The fourth-order valence-electron chi connectivity index (χ4n) is 7.98. The van der Waals surface area contributed by atoms with Gasteiger partial charge in [-0.05, 0) is 72.8 Å². The first-order valence-corrected chi connectivity index (χ1v) is 22.3. The highest BCUT2D eigenvalue weighted by atomic mass is 19.2. The van der Waals surface area contributed by atoms with Crippen LogP contribution in [0.3, 0.4) is 0 Å². The number of benzene rings is 8. The van der Waals surface area contributed by atoms with Gasteiger partial charge in [0, 0.05) is 95.7 Å². The second-order valence-electron chi connectivity index (χ2n) is 17.3. The summed E-state index contributed by atoms with van der Waals surface area (Å²) in [6.07, 6.45) is 1.51. The van der Waals surface area contributed by atoms with Gasteiger partial charge in [-0.3, -0.25) is 9.98 Å². The molecule has 0 aliphatic heterocycles. The van der Waals surface area contributed by atoms with Crippen molar-refractivity contribution in [2.75, 3.05) is 38.0 Å². The second-order valence-corrected chi connectivity index (χ2v) is 17.3. The lowest BCUT2D eigenvalue weighted by Gasteiger charge is -2.25. The van der Waals surface area contributed by atoms with Gasteiger partial charge in [0.25, 0.3) is 0 Å². The number of hydrogen-bond acceptors (Lipinski definition) is 6. The highest BCUT2D eigenvalue weighted by Gasteiger charge is 2.46. The molecule has 0 spiro atoms. The third-order valence-corrected chi connectivity index (χ3v) is 12.1. The largest absolute Gasteiger partial charge is 0.550 e. The summed E-state index contributed by atoms with van der Waals surface area (Å²) in [6.45, 7) is -7.40. The molecule has 80 heavy (non-hydrogen) atoms. The topological polar surface area (TPSA) is 49.7 Å². The molecule has 0 radical (unpaired) electrons. The molecule has 8 aromatic carbocycles. The van der Waals surface area contributed by atoms with E-state index < -0.39 is 185 Å². The Balaban J connectivity index is 1.51. The van der Waals surface area contributed by atoms with Crippen LogP contribution < -0.4 is 41.0 Å². The molecule has 0 bridgehead atoms. The number of hydrogen-bond donors (Lipinski definition) is 0. The van der Waals surface area contributed by atoms with E-state index in [1.165, 1.54) is 48.5 Å². The number of rotatable bonds is 14. The molecule has 8 aromatic rings. The summed E-state index contributed by atoms with van der Waals surface area (Å²) in [4.78, 5) is 11.7. The van der Waals surface area contributed by atoms with Crippen LogP contribution in [-0.2, 0) is 0 Å². The highest BCUT2D eigenvalue weighted by molar-refractivity contribution is 6.81. The van der Waals surface area contributed by atoms with E-state index in [0.717, 1.165) is 36.7 Å². The van der Waals surface area contributed by atoms with Crippen LogP contribution in [0.1, 0.15) is 11.1 Å². The van der Waals surface area contributed by atoms with Crippen LogP contribution in [0, 0.1) is 116 Å². The minimum absolute atomic E-state index is 0.0143. The number of anilines is 2. The van der Waals surface area contributed by atoms with E-state index in [-0.39, 0.29) is 11.4 Å². The van der Waals surface area contributed by atoms with Gasteiger partial charge in [0.05, 0.1) is 11.4 Å². The van der Waals surface area contributed by atoms with Gasteiger partial charge in [0.1, 0.15) is 11.5 Å². The van der Waals surface area contributed by atoms with E-state index in [2.05, 4.69) is 9.98 Å². The van der Waals surface area contributed by atoms with Crippen LogP contribution in [0.2, 0.25) is 0 Å². The molecule has 0 aromatic heterocycles. The van der Waals surface area contributed by atoms with Crippen LogP contribution in [0.5, 0.6) is 11.5 Å². The first-order valence-electron chi connectivity index (χ1n) is 22.3. The normalized spacial score (nSPS) is 11.7. The van der Waals surface area contributed by atoms with Crippen molar-refractivity contribution in [2.24, 2.45) is 9.98 Å². The molecule has 0 unspecified atom stereocenters. The van der Waals surface area contributed by atoms with Gasteiger partial charge in [-0.1, -0.05) is 0 Å². The fraction of sp³-hybridized carbons (Fsp3) is 0.0769. The zero-order chi connectivity index (χ0) is 58.7. The summed E-state index contributed by atoms with van der Waals surface area (Å²) in [6, 6.07) is 14.6. The molecule has 412 valence electrons. The van der Waals surface area contributed by atoms with E-state index in [0.29, 0.717) is 11.4 Å². The Bertz CT molecular complexity index is 3380. The monoisotopic (exact) mass is 1140 g/mol. The molecule has 0 amide bonds. The molecule has 28 heteroatoms. The molecule has 0 atom stereocenters. The van der Waals surface area contributed by atoms with E-state index in [9.17, 15) is 17.6 Å². The molecule has 8 rings (SSSR count). The predicted molar refractivity (Wildman–Crippen MR) is 256 cm³/mol. The van der Waals surface area contributed by atoms with Crippen molar-refractivity contribution in [1.29, 1.82) is 0 Å². The smallest absolute Gasteiger partial charge is 0.438 e. The van der Waals surface area contributed by atoms with Gasteiger partial charge in [0.2, 0.25) is 0 Å². The van der Waals surface area contributed by atoms with Crippen LogP contribution >= 0.6 is 0 Å². The Morgan fingerprint density at radius 1 is 0.300 bits per heavy atom. The maximum Gasteiger partial charge on any atom is 0.438 e. The maximum absolute atomic E-state index is 16.0. The van der Waals surface area contributed by atoms with Crippen LogP contribution in [-0.4, -0.2) is 54.5 Å². The van der Waals surface area contributed by atoms with Crippen molar-refractivity contribution in [3.05, 3.63) is 200 Å². The average molecular weight is 1140 g/mol. The van der Waals surface area contributed by atoms with Gasteiger partial charge in [0.15, 0.2) is 116 Å². The van der Waals surface area contributed by atoms with Gasteiger partial charge >= 0.3 is 13.8 Å². The Hall–Kier alpha value is -8.71. The minimum Gasteiger partial charge on any atom is -0.550 e. The van der Waals surface area contributed by atoms with Gasteiger partial charge in [-0.25, -0.2) is 87.8 Å². The molecule has 0 saturated carbocycles. The van der Waals surface area contributed by atoms with Crippen molar-refractivity contribution < 1.29 is 97.1 Å². The van der Waals surface area contributed by atoms with Crippen molar-refractivity contribution in [2.45, 2.75) is 0 Å². The lowest BCUT2D eigenvalue weighted by molar-refractivity contribution is 0.379. The molecule has 0 aliphatic carbocycles. The lowest BCUT2D eigenvalue weighted by atomic mass is 9.54. The van der Waals surface area contributed by atoms with Crippen molar-refractivity contribution >= 4 is 81.6 Å². The Morgan fingerprint density at radius 2 is 0.512 bits per heavy atom. The maximum atomic E-state index is 16.0. The first-order chi connectivity index (χ1) is 37.7. The molecule has 0 saturated heterocycles. The second kappa shape index (κ2) is 22.2. The average Bonchev–Trinajstić information content (AvgIpc) is 3.44. The Labute approximate surface area is 437 Å². The van der Waals surface area contributed by atoms with E-state index in [1.807, 2.05) is 0 Å². The molecular weight excluding hydrogens is 1110 g/mol. The lowest BCUT2D eigenvalue weighted by Crippen LogP contribution is -2.55. The van der Waals surface area contributed by atoms with Gasteiger partial charge < -0.3 is 19.1 Å². The SMILES string of the molecule is CN(C)c1ccc(N=Cc2ccc3c(OB(c4c(F)c(F)c(F)c(F)c4F)c4c(F)c(F)c(F)c(F)c4F)c(C=Nc4ccc(N(C)C)cc4)ccc3c2OB(c2c(F)c(F)c(F)c(F)c2F)c2c(F)c(F)c(F)c(F)c2F)cc1. The fourth-order valence-corrected chi connectivity index (χ4v) is 7.98. The van der Waals surface area contributed by atoms with Crippen LogP contribution in [0.25, 0.3) is 10.8 Å². The minimum atomic E-state index is -3.70. The summed E-state index contributed by atoms with van der Waals surface area (Å²) in [5.74, 6) is -60.9. The number of aliphatic imine (C=N–C) groups is 2. The molecule has 0 fully saturated rings. The third kappa shape index (κ3) is 10.1. The Kier molecular flexibility index (Phi) is 15.9. The van der Waals surface area contributed by atoms with Crippen molar-refractivity contribution in [1.82, 2.24) is 0 Å². The summed E-state index contributed by atoms with van der Waals surface area (Å²) < 4.78 is 318. The van der Waals surface area contributed by atoms with Crippen LogP contribution in [0.4, 0.5) is 111 Å². The zero-order valence-electron chi connectivity index (χ0n) is 40.4. The molecule has 0 N–H and O–H groups in total. The zero-order valence-corrected chi connectivity index (χ0v) is 40.4. The third-order valence-electron chi connectivity index (χ3n) is 12.1. The first kappa shape index (κ1) is 57.5. The number of fused-ring (bicyclic) bond motifs is 1. The van der Waals surface area contributed by atoms with E-state index >= 15 is 70.2 Å². The Morgan fingerprint density at radius 3 is 0.725 bits per heavy atom. The quantitative estimate of drug-likeness (QED) is 0.0358. The van der Waals surface area contributed by atoms with Crippen molar-refractivity contribution in [3.8, 4) is 11.5 Å². The molecule has 6 nitrogen and oxygen atoms in total. The van der Waals surface area contributed by atoms with E-state index in [1.54, 1.807) is 38.0 Å². The predicted octanol–water partition coefficient (Wildman–Crippen LogP) is 11.6. The summed E-state index contributed by atoms with van der Waals surface area (Å²) >= 11 is 0. The molecule has 0 heterocycles. The summed E-state index contributed by atoms with van der Waals surface area (Å²) in [7, 11) is 6.59. The number of nitrogens with zero attached hydrogens (tertiary/aromatic N) is 4. The summed E-state index contributed by atoms with van der Waals surface area (Å²) in [5.41, 5.74) is -9.86. The highest BCUT2D eigenvalue weighted by Crippen LogP contribution is 2.39. The van der Waals surface area contributed by atoms with Crippen LogP contribution in [0.15, 0.2) is 82.8 Å². The molecule has 0 aliphatic rings.